The average molecular weight is 332 g/mol. The first-order chi connectivity index (χ1) is 11.6. The lowest BCUT2D eigenvalue weighted by atomic mass is 9.77. The van der Waals surface area contributed by atoms with Gasteiger partial charge in [0.2, 0.25) is 0 Å². The van der Waals surface area contributed by atoms with E-state index in [9.17, 15) is 17.6 Å². The highest BCUT2D eigenvalue weighted by molar-refractivity contribution is 5.61. The van der Waals surface area contributed by atoms with Crippen LogP contribution in [0.2, 0.25) is 0 Å². The summed E-state index contributed by atoms with van der Waals surface area (Å²) in [6, 6.07) is 5.52. The Morgan fingerprint density at radius 1 is 0.833 bits per heavy atom. The maximum Gasteiger partial charge on any atom is 0.252 e. The van der Waals surface area contributed by atoms with Gasteiger partial charge in [0.05, 0.1) is 0 Å². The number of aromatic nitrogens is 2. The molecule has 2 aromatic heterocycles. The van der Waals surface area contributed by atoms with Crippen molar-refractivity contribution in [2.75, 3.05) is 0 Å². The molecule has 2 aromatic rings. The lowest BCUT2D eigenvalue weighted by molar-refractivity contribution is 0.360. The largest absolute Gasteiger partial charge is 0.261 e. The number of rotatable bonds is 2. The van der Waals surface area contributed by atoms with Crippen LogP contribution in [0.25, 0.3) is 0 Å². The standard InChI is InChI=1S/C18H12F4N2/c19-13-12(14(20)16(22)24-15(13)21)18-9-5-7-8(6-10(9)18)17(7,18)11-3-1-2-4-23-11/h1-4,7-10H,5-6H2. The first kappa shape index (κ1) is 13.3. The van der Waals surface area contributed by atoms with Crippen LogP contribution in [0.5, 0.6) is 0 Å². The van der Waals surface area contributed by atoms with Crippen LogP contribution in [0.4, 0.5) is 17.6 Å². The zero-order valence-electron chi connectivity index (χ0n) is 12.4. The van der Waals surface area contributed by atoms with Crippen LogP contribution in [0.15, 0.2) is 24.4 Å². The third kappa shape index (κ3) is 1.05. The van der Waals surface area contributed by atoms with Gasteiger partial charge < -0.3 is 0 Å². The minimum atomic E-state index is -1.55. The van der Waals surface area contributed by atoms with Crippen molar-refractivity contribution in [2.45, 2.75) is 23.7 Å². The highest BCUT2D eigenvalue weighted by Gasteiger charge is 2.97. The third-order valence-corrected chi connectivity index (χ3v) is 7.29. The number of hydrogen-bond acceptors (Lipinski definition) is 2. The van der Waals surface area contributed by atoms with Crippen molar-refractivity contribution in [1.82, 2.24) is 9.97 Å². The first-order valence-corrected chi connectivity index (χ1v) is 8.18. The summed E-state index contributed by atoms with van der Waals surface area (Å²) in [6.07, 6.45) is 3.38. The van der Waals surface area contributed by atoms with Crippen LogP contribution >= 0.6 is 0 Å². The molecular formula is C18H12F4N2. The Morgan fingerprint density at radius 2 is 1.42 bits per heavy atom. The van der Waals surface area contributed by atoms with Gasteiger partial charge in [-0.2, -0.15) is 13.8 Å². The SMILES string of the molecule is Fc1nc(F)c(F)c(C23C4CC5C(CC42)C53c2ccccn2)c1F. The van der Waals surface area contributed by atoms with Crippen molar-refractivity contribution in [3.63, 3.8) is 0 Å². The van der Waals surface area contributed by atoms with Crippen LogP contribution < -0.4 is 0 Å². The predicted molar refractivity (Wildman–Crippen MR) is 74.9 cm³/mol. The third-order valence-electron chi connectivity index (χ3n) is 7.29. The van der Waals surface area contributed by atoms with E-state index in [1.807, 2.05) is 12.1 Å². The van der Waals surface area contributed by atoms with Crippen LogP contribution in [-0.4, -0.2) is 9.97 Å². The minimum absolute atomic E-state index is 0.0831. The summed E-state index contributed by atoms with van der Waals surface area (Å²) in [5.74, 6) is -4.99. The van der Waals surface area contributed by atoms with E-state index < -0.39 is 39.9 Å². The molecule has 4 unspecified atom stereocenters. The fourth-order valence-corrected chi connectivity index (χ4v) is 6.88. The van der Waals surface area contributed by atoms with Gasteiger partial charge in [-0.3, -0.25) is 4.98 Å². The number of halogens is 4. The molecule has 0 bridgehead atoms. The number of hydrogen-bond donors (Lipinski definition) is 0. The number of pyridine rings is 2. The lowest BCUT2D eigenvalue weighted by Crippen LogP contribution is -2.32. The molecule has 0 aliphatic heterocycles. The normalized spacial score (nSPS) is 43.0. The summed E-state index contributed by atoms with van der Waals surface area (Å²) in [5.41, 5.74) is -0.935. The molecule has 122 valence electrons. The van der Waals surface area contributed by atoms with Gasteiger partial charge in [-0.15, -0.1) is 0 Å². The highest BCUT2D eigenvalue weighted by atomic mass is 19.2. The van der Waals surface area contributed by atoms with Gasteiger partial charge in [-0.25, -0.2) is 8.78 Å². The second-order valence-corrected chi connectivity index (χ2v) is 7.55. The molecule has 4 fully saturated rings. The smallest absolute Gasteiger partial charge is 0.252 e. The molecule has 4 saturated carbocycles. The minimum Gasteiger partial charge on any atom is -0.261 e. The summed E-state index contributed by atoms with van der Waals surface area (Å²) in [6.45, 7) is 0. The van der Waals surface area contributed by atoms with Crippen LogP contribution in [0.3, 0.4) is 0 Å². The van der Waals surface area contributed by atoms with E-state index in [2.05, 4.69) is 9.97 Å². The molecule has 6 heteroatoms. The summed E-state index contributed by atoms with van der Waals surface area (Å²) < 4.78 is 56.7. The van der Waals surface area contributed by atoms with Crippen molar-refractivity contribution in [1.29, 1.82) is 0 Å². The Kier molecular flexibility index (Phi) is 2.03. The van der Waals surface area contributed by atoms with E-state index in [4.69, 9.17) is 0 Å². The molecule has 2 nitrogen and oxygen atoms in total. The van der Waals surface area contributed by atoms with Gasteiger partial charge in [0, 0.05) is 28.3 Å². The van der Waals surface area contributed by atoms with Crippen LogP contribution in [0, 0.1) is 47.2 Å². The van der Waals surface area contributed by atoms with Crippen LogP contribution in [-0.2, 0) is 10.8 Å². The molecule has 0 aromatic carbocycles. The Labute approximate surface area is 134 Å². The number of nitrogens with zero attached hydrogens (tertiary/aromatic N) is 2. The molecule has 0 amide bonds. The van der Waals surface area contributed by atoms with Gasteiger partial charge in [0.1, 0.15) is 0 Å². The Balaban J connectivity index is 1.66. The maximum absolute atomic E-state index is 14.6. The van der Waals surface area contributed by atoms with Gasteiger partial charge >= 0.3 is 0 Å². The van der Waals surface area contributed by atoms with Crippen LogP contribution in [0.1, 0.15) is 24.1 Å². The average Bonchev–Trinajstić information content (AvgIpc) is 3.38. The molecule has 2 heterocycles. The fraction of sp³-hybridized carbons (Fsp3) is 0.444. The van der Waals surface area contributed by atoms with Crippen molar-refractivity contribution >= 4 is 0 Å². The molecule has 4 aliphatic rings. The molecule has 4 atom stereocenters. The molecule has 0 radical (unpaired) electrons. The maximum atomic E-state index is 14.6. The summed E-state index contributed by atoms with van der Waals surface area (Å²) >= 11 is 0. The van der Waals surface area contributed by atoms with Gasteiger partial charge in [-0.1, -0.05) is 6.07 Å². The first-order valence-electron chi connectivity index (χ1n) is 8.18. The summed E-state index contributed by atoms with van der Waals surface area (Å²) in [4.78, 5) is 7.18. The van der Waals surface area contributed by atoms with Gasteiger partial charge in [-0.05, 0) is 48.6 Å². The number of fused-ring (bicyclic) bond motifs is 2. The van der Waals surface area contributed by atoms with E-state index in [0.29, 0.717) is 11.8 Å². The van der Waals surface area contributed by atoms with E-state index >= 15 is 0 Å². The molecule has 24 heavy (non-hydrogen) atoms. The Morgan fingerprint density at radius 3 is 1.96 bits per heavy atom. The predicted octanol–water partition coefficient (Wildman–Crippen LogP) is 3.51. The van der Waals surface area contributed by atoms with E-state index in [1.54, 1.807) is 12.3 Å². The van der Waals surface area contributed by atoms with Gasteiger partial charge in [0.15, 0.2) is 11.6 Å². The van der Waals surface area contributed by atoms with E-state index in [0.717, 1.165) is 18.5 Å². The highest BCUT2D eigenvalue weighted by Crippen LogP contribution is 2.96. The topological polar surface area (TPSA) is 25.8 Å². The van der Waals surface area contributed by atoms with Gasteiger partial charge in [0.25, 0.3) is 11.9 Å². The quantitative estimate of drug-likeness (QED) is 0.621. The summed E-state index contributed by atoms with van der Waals surface area (Å²) in [5, 5.41) is 0. The lowest BCUT2D eigenvalue weighted by Gasteiger charge is -2.27. The van der Waals surface area contributed by atoms with Crippen molar-refractivity contribution in [2.24, 2.45) is 23.7 Å². The van der Waals surface area contributed by atoms with E-state index in [1.165, 1.54) is 0 Å². The van der Waals surface area contributed by atoms with Crippen molar-refractivity contribution < 1.29 is 17.6 Å². The molecular weight excluding hydrogens is 320 g/mol. The second kappa shape index (κ2) is 3.65. The zero-order valence-corrected chi connectivity index (χ0v) is 12.4. The van der Waals surface area contributed by atoms with Crippen molar-refractivity contribution in [3.8, 4) is 0 Å². The fourth-order valence-electron chi connectivity index (χ4n) is 6.88. The molecule has 6 rings (SSSR count). The van der Waals surface area contributed by atoms with Crippen molar-refractivity contribution in [3.05, 3.63) is 59.2 Å². The molecule has 0 spiro atoms. The molecule has 4 aliphatic carbocycles. The molecule has 0 saturated heterocycles. The monoisotopic (exact) mass is 332 g/mol. The summed E-state index contributed by atoms with van der Waals surface area (Å²) in [7, 11) is 0. The Bertz CT molecular complexity index is 869. The zero-order chi connectivity index (χ0) is 16.4. The second-order valence-electron chi connectivity index (χ2n) is 7.55. The molecule has 0 N–H and O–H groups in total. The van der Waals surface area contributed by atoms with E-state index in [-0.39, 0.29) is 11.8 Å². The Hall–Kier alpha value is -1.98.